The Morgan fingerprint density at radius 1 is 1.21 bits per heavy atom. The first-order valence-electron chi connectivity index (χ1n) is 10.0. The van der Waals surface area contributed by atoms with Gasteiger partial charge in [0, 0.05) is 18.0 Å². The van der Waals surface area contributed by atoms with Crippen molar-refractivity contribution < 1.29 is 27.1 Å². The molecule has 10 nitrogen and oxygen atoms in total. The molecule has 0 saturated carbocycles. The number of nitrogens with zero attached hydrogens (tertiary/aromatic N) is 4. The Kier molecular flexibility index (Phi) is 5.96. The zero-order valence-corrected chi connectivity index (χ0v) is 18.7. The van der Waals surface area contributed by atoms with Crippen molar-refractivity contribution in [3.8, 4) is 17.0 Å². The predicted molar refractivity (Wildman–Crippen MR) is 119 cm³/mol. The van der Waals surface area contributed by atoms with Gasteiger partial charge in [0.25, 0.3) is 0 Å². The molecule has 0 fully saturated rings. The van der Waals surface area contributed by atoms with Gasteiger partial charge in [-0.3, -0.25) is 14.6 Å². The number of halogens is 2. The molecule has 0 radical (unpaired) electrons. The molecule has 13 heteroatoms. The van der Waals surface area contributed by atoms with Crippen LogP contribution in [0.3, 0.4) is 0 Å². The van der Waals surface area contributed by atoms with Gasteiger partial charge in [0.2, 0.25) is 21.7 Å². The molecule has 0 saturated heterocycles. The lowest BCUT2D eigenvalue weighted by Crippen LogP contribution is -2.19. The summed E-state index contributed by atoms with van der Waals surface area (Å²) in [6.45, 7) is 3.20. The Morgan fingerprint density at radius 2 is 1.97 bits per heavy atom. The lowest BCUT2D eigenvalue weighted by molar-refractivity contribution is 0.103. The van der Waals surface area contributed by atoms with Gasteiger partial charge in [0.15, 0.2) is 11.5 Å². The third kappa shape index (κ3) is 4.29. The number of aryl methyl sites for hydroxylation is 1. The minimum absolute atomic E-state index is 0.194. The van der Waals surface area contributed by atoms with Crippen molar-refractivity contribution in [1.82, 2.24) is 25.1 Å². The summed E-state index contributed by atoms with van der Waals surface area (Å²) in [6, 6.07) is 3.18. The number of aromatic amines is 1. The second-order valence-corrected chi connectivity index (χ2v) is 9.22. The van der Waals surface area contributed by atoms with E-state index in [1.165, 1.54) is 18.5 Å². The van der Waals surface area contributed by atoms with Gasteiger partial charge in [-0.1, -0.05) is 6.92 Å². The first-order chi connectivity index (χ1) is 16.1. The molecule has 0 aliphatic heterocycles. The first-order valence-corrected chi connectivity index (χ1v) is 11.7. The van der Waals surface area contributed by atoms with E-state index >= 15 is 4.39 Å². The Balaban J connectivity index is 1.78. The highest BCUT2D eigenvalue weighted by Gasteiger charge is 2.26. The summed E-state index contributed by atoms with van der Waals surface area (Å²) in [5.41, 5.74) is -0.945. The number of nitrogens with one attached hydrogen (secondary N) is 2. The van der Waals surface area contributed by atoms with Gasteiger partial charge < -0.3 is 5.11 Å². The number of pyridine rings is 1. The first kappa shape index (κ1) is 23.2. The van der Waals surface area contributed by atoms with Crippen LogP contribution >= 0.6 is 0 Å². The van der Waals surface area contributed by atoms with Crippen LogP contribution in [0.4, 0.5) is 14.5 Å². The van der Waals surface area contributed by atoms with Crippen LogP contribution in [-0.4, -0.2) is 50.2 Å². The summed E-state index contributed by atoms with van der Waals surface area (Å²) >= 11 is 0. The molecule has 3 N–H and O–H groups in total. The zero-order valence-electron chi connectivity index (χ0n) is 17.9. The summed E-state index contributed by atoms with van der Waals surface area (Å²) in [7, 11) is -4.01. The van der Waals surface area contributed by atoms with E-state index in [0.29, 0.717) is 11.4 Å². The minimum atomic E-state index is -4.01. The average molecular weight is 488 g/mol. The van der Waals surface area contributed by atoms with Crippen LogP contribution in [0.15, 0.2) is 30.6 Å². The Bertz CT molecular complexity index is 1540. The molecule has 0 amide bonds. The molecule has 0 bridgehead atoms. The van der Waals surface area contributed by atoms with Gasteiger partial charge >= 0.3 is 0 Å². The minimum Gasteiger partial charge on any atom is -0.493 e. The van der Waals surface area contributed by atoms with Crippen LogP contribution in [0.1, 0.15) is 35.2 Å². The number of carbonyl (C=O) groups excluding carboxylic acids is 1. The number of benzene rings is 1. The Hall–Kier alpha value is -4.00. The fourth-order valence-electron chi connectivity index (χ4n) is 3.31. The van der Waals surface area contributed by atoms with Crippen molar-refractivity contribution in [2.75, 3.05) is 10.5 Å². The number of aromatic hydroxyl groups is 1. The molecule has 34 heavy (non-hydrogen) atoms. The van der Waals surface area contributed by atoms with E-state index in [9.17, 15) is 22.7 Å². The van der Waals surface area contributed by atoms with Crippen molar-refractivity contribution in [2.45, 2.75) is 20.3 Å². The molecule has 0 aliphatic carbocycles. The van der Waals surface area contributed by atoms with Crippen molar-refractivity contribution in [2.24, 2.45) is 0 Å². The predicted octanol–water partition coefficient (Wildman–Crippen LogP) is 3.09. The molecule has 1 aromatic carbocycles. The molecule has 4 aromatic rings. The van der Waals surface area contributed by atoms with Crippen molar-refractivity contribution in [3.05, 3.63) is 59.3 Å². The number of rotatable bonds is 7. The number of H-pyrrole nitrogens is 1. The van der Waals surface area contributed by atoms with Gasteiger partial charge in [-0.15, -0.1) is 0 Å². The maximum Gasteiger partial charge on any atom is 0.232 e. The van der Waals surface area contributed by atoms with Gasteiger partial charge in [-0.25, -0.2) is 27.2 Å². The number of carbonyl (C=O) groups is 1. The van der Waals surface area contributed by atoms with Crippen molar-refractivity contribution >= 4 is 32.5 Å². The molecule has 0 aliphatic rings. The van der Waals surface area contributed by atoms with Crippen LogP contribution in [0.25, 0.3) is 22.2 Å². The van der Waals surface area contributed by atoms with Gasteiger partial charge in [-0.2, -0.15) is 10.1 Å². The SMILES string of the molecule is CCCS(=O)(=O)Nc1c(F)ccc(C(=O)c2n[nH]c3ncc(-c4cnc(C)nc4O)cc23)c1F. The molecule has 3 aromatic heterocycles. The van der Waals surface area contributed by atoms with E-state index in [2.05, 4.69) is 25.1 Å². The maximum absolute atomic E-state index is 15.1. The van der Waals surface area contributed by atoms with E-state index in [-0.39, 0.29) is 40.3 Å². The highest BCUT2D eigenvalue weighted by atomic mass is 32.2. The van der Waals surface area contributed by atoms with Crippen LogP contribution in [-0.2, 0) is 10.0 Å². The second kappa shape index (κ2) is 8.74. The highest BCUT2D eigenvalue weighted by molar-refractivity contribution is 7.92. The quantitative estimate of drug-likeness (QED) is 0.336. The number of ketones is 1. The summed E-state index contributed by atoms with van der Waals surface area (Å²) < 4.78 is 55.2. The molecule has 0 atom stereocenters. The number of hydrogen-bond donors (Lipinski definition) is 3. The van der Waals surface area contributed by atoms with Gasteiger partial charge in [0.1, 0.15) is 23.0 Å². The van der Waals surface area contributed by atoms with Gasteiger partial charge in [-0.05, 0) is 31.5 Å². The van der Waals surface area contributed by atoms with Gasteiger partial charge in [0.05, 0.1) is 22.3 Å². The molecule has 3 heterocycles. The van der Waals surface area contributed by atoms with E-state index in [1.54, 1.807) is 13.8 Å². The van der Waals surface area contributed by atoms with Crippen LogP contribution in [0.2, 0.25) is 0 Å². The van der Waals surface area contributed by atoms with Crippen LogP contribution in [0.5, 0.6) is 5.88 Å². The number of fused-ring (bicyclic) bond motifs is 1. The smallest absolute Gasteiger partial charge is 0.232 e. The van der Waals surface area contributed by atoms with E-state index in [1.807, 2.05) is 4.72 Å². The molecule has 0 spiro atoms. The van der Waals surface area contributed by atoms with Crippen LogP contribution < -0.4 is 4.72 Å². The standard InChI is InChI=1S/C21H18F2N6O4S/c1-3-6-34(32,33)29-18-15(22)5-4-12(16(18)23)19(30)17-13-7-11(8-25-20(13)28-27-17)14-9-24-10(2)26-21(14)31/h4-5,7-9,29H,3,6H2,1-2H3,(H,24,26,31)(H,25,27,28). The second-order valence-electron chi connectivity index (χ2n) is 7.38. The number of anilines is 1. The molecular weight excluding hydrogens is 470 g/mol. The summed E-state index contributed by atoms with van der Waals surface area (Å²) in [5, 5.41) is 16.8. The van der Waals surface area contributed by atoms with Crippen LogP contribution in [0, 0.1) is 18.6 Å². The monoisotopic (exact) mass is 488 g/mol. The van der Waals surface area contributed by atoms with Crippen molar-refractivity contribution in [3.63, 3.8) is 0 Å². The Morgan fingerprint density at radius 3 is 2.68 bits per heavy atom. The fraction of sp³-hybridized carbons (Fsp3) is 0.190. The summed E-state index contributed by atoms with van der Waals surface area (Å²) in [5.74, 6) is -3.75. The zero-order chi connectivity index (χ0) is 24.6. The molecule has 176 valence electrons. The largest absolute Gasteiger partial charge is 0.493 e. The lowest BCUT2D eigenvalue weighted by atomic mass is 10.0. The summed E-state index contributed by atoms with van der Waals surface area (Å²) in [6.07, 6.45) is 3.02. The average Bonchev–Trinajstić information content (AvgIpc) is 3.19. The topological polar surface area (TPSA) is 151 Å². The molecular formula is C21H18F2N6O4S. The third-order valence-corrected chi connectivity index (χ3v) is 6.36. The maximum atomic E-state index is 15.1. The third-order valence-electron chi connectivity index (χ3n) is 4.90. The number of hydrogen-bond acceptors (Lipinski definition) is 8. The van der Waals surface area contributed by atoms with E-state index in [4.69, 9.17) is 0 Å². The number of sulfonamides is 1. The summed E-state index contributed by atoms with van der Waals surface area (Å²) in [4.78, 5) is 25.2. The highest BCUT2D eigenvalue weighted by Crippen LogP contribution is 2.30. The Labute approximate surface area is 192 Å². The number of aromatic nitrogens is 5. The molecule has 0 unspecified atom stereocenters. The lowest BCUT2D eigenvalue weighted by Gasteiger charge is -2.11. The van der Waals surface area contributed by atoms with E-state index < -0.39 is 38.7 Å². The van der Waals surface area contributed by atoms with E-state index in [0.717, 1.165) is 12.1 Å². The molecule has 4 rings (SSSR count). The van der Waals surface area contributed by atoms with Crippen molar-refractivity contribution in [1.29, 1.82) is 0 Å². The normalized spacial score (nSPS) is 11.6. The fourth-order valence-corrected chi connectivity index (χ4v) is 4.45.